The Morgan fingerprint density at radius 2 is 1.94 bits per heavy atom. The van der Waals surface area contributed by atoms with Crippen LogP contribution in [-0.4, -0.2) is 28.9 Å². The average molecular weight is 489 g/mol. The number of amides is 2. The summed E-state index contributed by atoms with van der Waals surface area (Å²) in [7, 11) is 0. The van der Waals surface area contributed by atoms with E-state index in [0.717, 1.165) is 48.4 Å². The molecule has 0 bridgehead atoms. The van der Waals surface area contributed by atoms with Gasteiger partial charge in [-0.2, -0.15) is 0 Å². The van der Waals surface area contributed by atoms with Gasteiger partial charge in [-0.15, -0.1) is 11.3 Å². The van der Waals surface area contributed by atoms with E-state index in [2.05, 4.69) is 34.8 Å². The number of hydrogen-bond donors (Lipinski definition) is 3. The van der Waals surface area contributed by atoms with Crippen molar-refractivity contribution < 1.29 is 9.59 Å². The van der Waals surface area contributed by atoms with E-state index in [1.165, 1.54) is 24.2 Å². The summed E-state index contributed by atoms with van der Waals surface area (Å²) in [5.41, 5.74) is 1.30. The molecule has 0 radical (unpaired) electrons. The van der Waals surface area contributed by atoms with E-state index in [-0.39, 0.29) is 17.9 Å². The fourth-order valence-electron chi connectivity index (χ4n) is 4.40. The largest absolute Gasteiger partial charge is 0.374 e. The number of aryl methyl sites for hydroxylation is 1. The highest BCUT2D eigenvalue weighted by atomic mass is 35.5. The monoisotopic (exact) mass is 488 g/mol. The van der Waals surface area contributed by atoms with Crippen LogP contribution in [0, 0.1) is 12.8 Å². The van der Waals surface area contributed by atoms with Crippen molar-refractivity contribution >= 4 is 40.4 Å². The lowest BCUT2D eigenvalue weighted by atomic mass is 9.97. The van der Waals surface area contributed by atoms with Gasteiger partial charge in [-0.3, -0.25) is 14.6 Å². The van der Waals surface area contributed by atoms with Crippen molar-refractivity contribution in [3.05, 3.63) is 44.9 Å². The molecular weight excluding hydrogens is 456 g/mol. The lowest BCUT2D eigenvalue weighted by molar-refractivity contribution is -0.123. The molecule has 0 unspecified atom stereocenters. The standard InChI is InChI=1S/C25H33ClN4O2S/c1-15-19(13-17(26)14-27-15)30-25(2,3)22-11-10-21(33-22)24(32)29-20(12-16-6-4-5-7-16)23(31)28-18-8-9-18/h10-11,13-14,16,18,20,30H,4-9,12H2,1-3H3,(H,28,31)(H,29,32)/t20-/m0/s1. The van der Waals surface area contributed by atoms with Crippen LogP contribution in [0.5, 0.6) is 0 Å². The summed E-state index contributed by atoms with van der Waals surface area (Å²) in [4.78, 5) is 31.9. The molecule has 0 spiro atoms. The van der Waals surface area contributed by atoms with Gasteiger partial charge in [0.2, 0.25) is 5.91 Å². The highest BCUT2D eigenvalue weighted by molar-refractivity contribution is 7.14. The minimum absolute atomic E-state index is 0.0412. The lowest BCUT2D eigenvalue weighted by Gasteiger charge is -2.27. The van der Waals surface area contributed by atoms with Gasteiger partial charge in [0.1, 0.15) is 6.04 Å². The van der Waals surface area contributed by atoms with E-state index in [1.54, 1.807) is 6.20 Å². The van der Waals surface area contributed by atoms with Gasteiger partial charge in [0.05, 0.1) is 26.8 Å². The third-order valence-electron chi connectivity index (χ3n) is 6.54. The Bertz CT molecular complexity index is 1010. The number of carbonyl (C=O) groups excluding carboxylic acids is 2. The Hall–Kier alpha value is -2.12. The number of hydrogen-bond acceptors (Lipinski definition) is 5. The molecule has 0 saturated heterocycles. The number of rotatable bonds is 9. The molecule has 2 saturated carbocycles. The zero-order valence-corrected chi connectivity index (χ0v) is 21.1. The second kappa shape index (κ2) is 10.0. The second-order valence-corrected chi connectivity index (χ2v) is 11.4. The molecular formula is C25H33ClN4O2S. The van der Waals surface area contributed by atoms with Gasteiger partial charge in [-0.05, 0) is 64.2 Å². The molecule has 6 nitrogen and oxygen atoms in total. The van der Waals surface area contributed by atoms with Crippen LogP contribution in [-0.2, 0) is 10.3 Å². The molecule has 3 N–H and O–H groups in total. The fraction of sp³-hybridized carbons (Fsp3) is 0.560. The molecule has 0 aliphatic heterocycles. The van der Waals surface area contributed by atoms with Crippen molar-refractivity contribution in [2.45, 2.75) is 83.3 Å². The summed E-state index contributed by atoms with van der Waals surface area (Å²) in [6.45, 7) is 6.05. The van der Waals surface area contributed by atoms with Gasteiger partial charge in [-0.25, -0.2) is 0 Å². The van der Waals surface area contributed by atoms with Crippen LogP contribution in [0.1, 0.15) is 79.0 Å². The first kappa shape index (κ1) is 24.0. The van der Waals surface area contributed by atoms with Gasteiger partial charge < -0.3 is 16.0 Å². The van der Waals surface area contributed by atoms with E-state index in [9.17, 15) is 9.59 Å². The Morgan fingerprint density at radius 1 is 1.21 bits per heavy atom. The highest BCUT2D eigenvalue weighted by Crippen LogP contribution is 2.33. The number of pyridine rings is 1. The van der Waals surface area contributed by atoms with E-state index in [0.29, 0.717) is 15.8 Å². The van der Waals surface area contributed by atoms with Crippen molar-refractivity contribution in [3.63, 3.8) is 0 Å². The number of nitrogens with zero attached hydrogens (tertiary/aromatic N) is 1. The maximum Gasteiger partial charge on any atom is 0.262 e. The molecule has 2 amide bonds. The minimum Gasteiger partial charge on any atom is -0.374 e. The predicted octanol–water partition coefficient (Wildman–Crippen LogP) is 5.41. The molecule has 2 aromatic heterocycles. The fourth-order valence-corrected chi connectivity index (χ4v) is 5.52. The first-order valence-electron chi connectivity index (χ1n) is 11.8. The van der Waals surface area contributed by atoms with E-state index in [4.69, 9.17) is 11.6 Å². The zero-order valence-electron chi connectivity index (χ0n) is 19.5. The Labute approximate surface area is 204 Å². The molecule has 2 heterocycles. The predicted molar refractivity (Wildman–Crippen MR) is 134 cm³/mol. The van der Waals surface area contributed by atoms with Crippen molar-refractivity contribution in [3.8, 4) is 0 Å². The molecule has 2 aliphatic rings. The third kappa shape index (κ3) is 6.27. The zero-order chi connectivity index (χ0) is 23.6. The Kier molecular flexibility index (Phi) is 7.29. The minimum atomic E-state index is -0.474. The molecule has 8 heteroatoms. The first-order valence-corrected chi connectivity index (χ1v) is 13.0. The van der Waals surface area contributed by atoms with Gasteiger partial charge in [0, 0.05) is 17.1 Å². The second-order valence-electron chi connectivity index (χ2n) is 9.90. The number of carbonyl (C=O) groups is 2. The summed E-state index contributed by atoms with van der Waals surface area (Å²) in [5, 5.41) is 10.2. The molecule has 178 valence electrons. The summed E-state index contributed by atoms with van der Waals surface area (Å²) in [5.74, 6) is 0.286. The quantitative estimate of drug-likeness (QED) is 0.440. The summed E-state index contributed by atoms with van der Waals surface area (Å²) in [6, 6.07) is 5.48. The molecule has 33 heavy (non-hydrogen) atoms. The number of halogens is 1. The van der Waals surface area contributed by atoms with Crippen molar-refractivity contribution in [1.29, 1.82) is 0 Å². The topological polar surface area (TPSA) is 83.1 Å². The van der Waals surface area contributed by atoms with E-state index in [1.807, 2.05) is 25.1 Å². The van der Waals surface area contributed by atoms with Crippen molar-refractivity contribution in [2.75, 3.05) is 5.32 Å². The molecule has 1 atom stereocenters. The van der Waals surface area contributed by atoms with E-state index >= 15 is 0 Å². The van der Waals surface area contributed by atoms with Gasteiger partial charge in [0.15, 0.2) is 0 Å². The normalized spacial score (nSPS) is 17.6. The van der Waals surface area contributed by atoms with Crippen LogP contribution in [0.4, 0.5) is 5.69 Å². The molecule has 2 aliphatic carbocycles. The van der Waals surface area contributed by atoms with Crippen LogP contribution >= 0.6 is 22.9 Å². The van der Waals surface area contributed by atoms with Gasteiger partial charge in [-0.1, -0.05) is 37.3 Å². The van der Waals surface area contributed by atoms with Crippen molar-refractivity contribution in [2.24, 2.45) is 5.92 Å². The third-order valence-corrected chi connectivity index (χ3v) is 8.15. The molecule has 0 aromatic carbocycles. The molecule has 4 rings (SSSR count). The van der Waals surface area contributed by atoms with Gasteiger partial charge in [0.25, 0.3) is 5.91 Å². The van der Waals surface area contributed by atoms with Crippen LogP contribution in [0.25, 0.3) is 0 Å². The average Bonchev–Trinajstić information content (AvgIpc) is 3.21. The van der Waals surface area contributed by atoms with Gasteiger partial charge >= 0.3 is 0 Å². The highest BCUT2D eigenvalue weighted by Gasteiger charge is 2.32. The van der Waals surface area contributed by atoms with Crippen LogP contribution in [0.2, 0.25) is 5.02 Å². The summed E-state index contributed by atoms with van der Waals surface area (Å²) >= 11 is 7.56. The number of nitrogens with one attached hydrogen (secondary N) is 3. The number of anilines is 1. The summed E-state index contributed by atoms with van der Waals surface area (Å²) in [6.07, 6.45) is 9.14. The molecule has 2 aromatic rings. The van der Waals surface area contributed by atoms with E-state index < -0.39 is 11.6 Å². The number of aromatic nitrogens is 1. The maximum absolute atomic E-state index is 13.1. The SMILES string of the molecule is Cc1ncc(Cl)cc1NC(C)(C)c1ccc(C(=O)N[C@@H](CC2CCCC2)C(=O)NC2CC2)s1. The lowest BCUT2D eigenvalue weighted by Crippen LogP contribution is -2.48. The first-order chi connectivity index (χ1) is 15.7. The molecule has 2 fully saturated rings. The summed E-state index contributed by atoms with van der Waals surface area (Å²) < 4.78 is 0. The smallest absolute Gasteiger partial charge is 0.262 e. The maximum atomic E-state index is 13.1. The van der Waals surface area contributed by atoms with Crippen LogP contribution in [0.3, 0.4) is 0 Å². The van der Waals surface area contributed by atoms with Crippen LogP contribution < -0.4 is 16.0 Å². The van der Waals surface area contributed by atoms with Crippen LogP contribution in [0.15, 0.2) is 24.4 Å². The van der Waals surface area contributed by atoms with Crippen molar-refractivity contribution in [1.82, 2.24) is 15.6 Å². The Balaban J connectivity index is 1.44. The Morgan fingerprint density at radius 3 is 2.64 bits per heavy atom. The number of thiophene rings is 1.